The van der Waals surface area contributed by atoms with Crippen LogP contribution in [0.1, 0.15) is 53.7 Å². The zero-order chi connectivity index (χ0) is 28.4. The van der Waals surface area contributed by atoms with Crippen molar-refractivity contribution >= 4 is 17.8 Å². The van der Waals surface area contributed by atoms with E-state index in [9.17, 15) is 23.1 Å². The number of ether oxygens (including phenoxy) is 1. The van der Waals surface area contributed by atoms with Crippen LogP contribution < -0.4 is 10.1 Å². The van der Waals surface area contributed by atoms with Crippen LogP contribution in [-0.4, -0.2) is 57.1 Å². The fourth-order valence-electron chi connectivity index (χ4n) is 4.04. The van der Waals surface area contributed by atoms with Gasteiger partial charge in [-0.1, -0.05) is 23.4 Å². The largest absolute Gasteiger partial charge is 0.497 e. The van der Waals surface area contributed by atoms with Crippen LogP contribution in [0.3, 0.4) is 0 Å². The van der Waals surface area contributed by atoms with E-state index >= 15 is 0 Å². The Bertz CT molecular complexity index is 1260. The number of pyridine rings is 1. The number of aryl methyl sites for hydroxylation is 3. The van der Waals surface area contributed by atoms with Crippen molar-refractivity contribution in [2.24, 2.45) is 0 Å². The Balaban J connectivity index is 0.000000532. The van der Waals surface area contributed by atoms with E-state index in [1.165, 1.54) is 5.56 Å². The average molecular weight is 551 g/mol. The molecule has 39 heavy (non-hydrogen) atoms. The number of fused-ring (bicyclic) bond motifs is 1. The second kappa shape index (κ2) is 13.6. The standard InChI is InChI=1S/C24H28N4O4.C2HF3O2/c1-31-20-8-2-5-17(13-20)18(15-23(29)30)14-22-27-21(28-32-22)9-3-7-19-11-10-16-6-4-12-25-24(16)26-19;3-2(4,5)1(6)7/h2,5,8,10-11,13,18H,3-4,6-7,9,12,14-15H2,1H3,(H,25,26)(H,29,30);(H,6,7). The van der Waals surface area contributed by atoms with Crippen molar-refractivity contribution in [3.63, 3.8) is 0 Å². The van der Waals surface area contributed by atoms with Gasteiger partial charge in [-0.2, -0.15) is 18.2 Å². The lowest BCUT2D eigenvalue weighted by molar-refractivity contribution is -0.192. The summed E-state index contributed by atoms with van der Waals surface area (Å²) in [6, 6.07) is 11.7. The molecular weight excluding hydrogens is 521 g/mol. The molecule has 0 saturated heterocycles. The molecule has 3 aromatic rings. The number of rotatable bonds is 10. The summed E-state index contributed by atoms with van der Waals surface area (Å²) in [7, 11) is 1.59. The molecule has 0 saturated carbocycles. The minimum atomic E-state index is -5.08. The van der Waals surface area contributed by atoms with Gasteiger partial charge in [-0.3, -0.25) is 4.79 Å². The first-order valence-electron chi connectivity index (χ1n) is 12.2. The van der Waals surface area contributed by atoms with Gasteiger partial charge in [0.25, 0.3) is 0 Å². The number of nitrogens with one attached hydrogen (secondary N) is 1. The molecule has 1 aliphatic heterocycles. The number of anilines is 1. The molecule has 0 fully saturated rings. The summed E-state index contributed by atoms with van der Waals surface area (Å²) in [6.45, 7) is 0.980. The normalized spacial score (nSPS) is 13.3. The van der Waals surface area contributed by atoms with Gasteiger partial charge in [0.05, 0.1) is 13.5 Å². The number of hydrogen-bond acceptors (Lipinski definition) is 8. The van der Waals surface area contributed by atoms with E-state index in [4.69, 9.17) is 24.1 Å². The zero-order valence-corrected chi connectivity index (χ0v) is 21.2. The molecule has 3 N–H and O–H groups in total. The Labute approximate surface area is 222 Å². The van der Waals surface area contributed by atoms with Gasteiger partial charge in [-0.25, -0.2) is 9.78 Å². The number of carbonyl (C=O) groups is 2. The molecule has 2 aromatic heterocycles. The Morgan fingerprint density at radius 2 is 1.92 bits per heavy atom. The average Bonchev–Trinajstić information content (AvgIpc) is 3.35. The van der Waals surface area contributed by atoms with Gasteiger partial charge >= 0.3 is 18.1 Å². The molecule has 0 aliphatic carbocycles. The van der Waals surface area contributed by atoms with Crippen LogP contribution in [0, 0.1) is 0 Å². The third-order valence-corrected chi connectivity index (χ3v) is 5.95. The monoisotopic (exact) mass is 550 g/mol. The van der Waals surface area contributed by atoms with Crippen molar-refractivity contribution in [3.05, 3.63) is 64.9 Å². The van der Waals surface area contributed by atoms with Crippen molar-refractivity contribution in [1.82, 2.24) is 15.1 Å². The van der Waals surface area contributed by atoms with Crippen molar-refractivity contribution in [2.75, 3.05) is 19.0 Å². The van der Waals surface area contributed by atoms with Gasteiger partial charge in [0.1, 0.15) is 11.6 Å². The molecule has 0 radical (unpaired) electrons. The van der Waals surface area contributed by atoms with E-state index in [1.807, 2.05) is 24.3 Å². The maximum absolute atomic E-state index is 11.4. The molecule has 210 valence electrons. The lowest BCUT2D eigenvalue weighted by Crippen LogP contribution is -2.21. The topological polar surface area (TPSA) is 148 Å². The third kappa shape index (κ3) is 9.27. The maximum atomic E-state index is 11.4. The van der Waals surface area contributed by atoms with E-state index in [0.717, 1.165) is 49.3 Å². The first kappa shape index (κ1) is 29.4. The predicted octanol–water partition coefficient (Wildman–Crippen LogP) is 4.44. The van der Waals surface area contributed by atoms with Crippen molar-refractivity contribution in [3.8, 4) is 5.75 Å². The molecule has 10 nitrogen and oxygen atoms in total. The summed E-state index contributed by atoms with van der Waals surface area (Å²) in [5.74, 6) is -1.12. The molecule has 3 heterocycles. The third-order valence-electron chi connectivity index (χ3n) is 5.95. The van der Waals surface area contributed by atoms with Gasteiger partial charge in [-0.05, 0) is 55.0 Å². The van der Waals surface area contributed by atoms with E-state index in [-0.39, 0.29) is 12.3 Å². The maximum Gasteiger partial charge on any atom is 0.490 e. The number of carboxylic acids is 2. The molecule has 13 heteroatoms. The molecule has 1 unspecified atom stereocenters. The summed E-state index contributed by atoms with van der Waals surface area (Å²) in [5.41, 5.74) is 3.22. The molecule has 1 aromatic carbocycles. The molecular formula is C26H29F3N4O6. The van der Waals surface area contributed by atoms with Crippen LogP contribution in [-0.2, 0) is 35.3 Å². The highest BCUT2D eigenvalue weighted by Gasteiger charge is 2.38. The van der Waals surface area contributed by atoms with Crippen LogP contribution >= 0.6 is 0 Å². The molecule has 0 spiro atoms. The molecule has 1 atom stereocenters. The van der Waals surface area contributed by atoms with E-state index in [1.54, 1.807) is 7.11 Å². The van der Waals surface area contributed by atoms with Crippen molar-refractivity contribution < 1.29 is 42.2 Å². The number of alkyl halides is 3. The number of hydrogen-bond donors (Lipinski definition) is 3. The van der Waals surface area contributed by atoms with Crippen LogP contribution in [0.5, 0.6) is 5.75 Å². The number of methoxy groups -OCH3 is 1. The van der Waals surface area contributed by atoms with Gasteiger partial charge in [0.15, 0.2) is 5.82 Å². The minimum absolute atomic E-state index is 0.0249. The SMILES string of the molecule is COc1cccc(C(CC(=O)O)Cc2nc(CCCc3ccc4c(n3)NCCC4)no2)c1.O=C(O)C(F)(F)F. The predicted molar refractivity (Wildman–Crippen MR) is 133 cm³/mol. The fourth-order valence-corrected chi connectivity index (χ4v) is 4.04. The second-order valence-corrected chi connectivity index (χ2v) is 8.88. The molecule has 1 aliphatic rings. The first-order chi connectivity index (χ1) is 18.5. The first-order valence-corrected chi connectivity index (χ1v) is 12.2. The van der Waals surface area contributed by atoms with Crippen molar-refractivity contribution in [2.45, 2.75) is 57.0 Å². The lowest BCUT2D eigenvalue weighted by Gasteiger charge is -2.17. The number of aliphatic carboxylic acids is 2. The Kier molecular flexibility index (Phi) is 10.2. The Morgan fingerprint density at radius 1 is 1.15 bits per heavy atom. The van der Waals surface area contributed by atoms with Crippen LogP contribution in [0.15, 0.2) is 40.9 Å². The highest BCUT2D eigenvalue weighted by molar-refractivity contribution is 5.73. The summed E-state index contributed by atoms with van der Waals surface area (Å²) in [4.78, 5) is 29.5. The number of carboxylic acid groups (broad SMARTS) is 2. The van der Waals surface area contributed by atoms with Crippen LogP contribution in [0.25, 0.3) is 0 Å². The van der Waals surface area contributed by atoms with Gasteiger partial charge < -0.3 is 24.8 Å². The number of nitrogens with zero attached hydrogens (tertiary/aromatic N) is 3. The highest BCUT2D eigenvalue weighted by atomic mass is 19.4. The molecule has 0 bridgehead atoms. The van der Waals surface area contributed by atoms with E-state index < -0.39 is 18.1 Å². The lowest BCUT2D eigenvalue weighted by atomic mass is 9.92. The van der Waals surface area contributed by atoms with Crippen molar-refractivity contribution in [1.29, 1.82) is 0 Å². The van der Waals surface area contributed by atoms with E-state index in [0.29, 0.717) is 30.3 Å². The van der Waals surface area contributed by atoms with Gasteiger partial charge in [-0.15, -0.1) is 0 Å². The second-order valence-electron chi connectivity index (χ2n) is 8.88. The van der Waals surface area contributed by atoms with Crippen LogP contribution in [0.4, 0.5) is 19.0 Å². The van der Waals surface area contributed by atoms with E-state index in [2.05, 4.69) is 27.6 Å². The molecule has 0 amide bonds. The minimum Gasteiger partial charge on any atom is -0.497 e. The fraction of sp³-hybridized carbons (Fsp3) is 0.423. The quantitative estimate of drug-likeness (QED) is 0.331. The highest BCUT2D eigenvalue weighted by Crippen LogP contribution is 2.27. The Hall–Kier alpha value is -4.16. The smallest absolute Gasteiger partial charge is 0.490 e. The van der Waals surface area contributed by atoms with Gasteiger partial charge in [0, 0.05) is 31.0 Å². The van der Waals surface area contributed by atoms with Crippen LogP contribution in [0.2, 0.25) is 0 Å². The summed E-state index contributed by atoms with van der Waals surface area (Å²) in [5, 5.41) is 23.9. The number of halogens is 3. The Morgan fingerprint density at radius 3 is 2.62 bits per heavy atom. The molecule has 4 rings (SSSR count). The summed E-state index contributed by atoms with van der Waals surface area (Å²) >= 11 is 0. The summed E-state index contributed by atoms with van der Waals surface area (Å²) < 4.78 is 42.4. The van der Waals surface area contributed by atoms with Gasteiger partial charge in [0.2, 0.25) is 5.89 Å². The number of aromatic nitrogens is 3. The number of benzene rings is 1. The zero-order valence-electron chi connectivity index (χ0n) is 21.2. The summed E-state index contributed by atoms with van der Waals surface area (Å²) in [6.07, 6.45) is -0.130.